The first-order valence-corrected chi connectivity index (χ1v) is 11.9. The molecule has 1 fully saturated rings. The van der Waals surface area contributed by atoms with E-state index in [0.717, 1.165) is 0 Å². The second kappa shape index (κ2) is 7.46. The van der Waals surface area contributed by atoms with Crippen LogP contribution >= 0.6 is 0 Å². The average molecular weight is 507 g/mol. The number of rotatable bonds is 1. The van der Waals surface area contributed by atoms with E-state index in [1.165, 1.54) is 19.9 Å². The van der Waals surface area contributed by atoms with Crippen LogP contribution in [0.1, 0.15) is 26.3 Å². The number of hydrogen-bond acceptors (Lipinski definition) is 11. The summed E-state index contributed by atoms with van der Waals surface area (Å²) in [6, 6.07) is 3.61. The molecule has 2 aliphatic heterocycles. The molecule has 37 heavy (non-hydrogen) atoms. The van der Waals surface area contributed by atoms with E-state index in [1.807, 2.05) is 0 Å². The number of nitrogens with two attached hydrogens (primary N) is 1. The second-order valence-corrected chi connectivity index (χ2v) is 10.2. The zero-order chi connectivity index (χ0) is 26.5. The van der Waals surface area contributed by atoms with Gasteiger partial charge in [-0.05, 0) is 20.8 Å². The summed E-state index contributed by atoms with van der Waals surface area (Å²) in [5, 5.41) is 35.5. The molecule has 1 saturated heterocycles. The van der Waals surface area contributed by atoms with E-state index < -0.39 is 28.2 Å². The molecule has 11 heteroatoms. The van der Waals surface area contributed by atoms with Crippen LogP contribution in [0.15, 0.2) is 26.1 Å². The minimum atomic E-state index is -2.10. The molecule has 3 atom stereocenters. The van der Waals surface area contributed by atoms with Gasteiger partial charge in [0.1, 0.15) is 22.7 Å². The number of phenols is 1. The largest absolute Gasteiger partial charge is 0.507 e. The predicted molar refractivity (Wildman–Crippen MR) is 139 cm³/mol. The van der Waals surface area contributed by atoms with Crippen LogP contribution in [0.5, 0.6) is 11.5 Å². The van der Waals surface area contributed by atoms with E-state index in [0.29, 0.717) is 18.8 Å². The first-order valence-electron chi connectivity index (χ1n) is 11.9. The van der Waals surface area contributed by atoms with E-state index >= 15 is 0 Å². The van der Waals surface area contributed by atoms with Gasteiger partial charge in [-0.15, -0.1) is 0 Å². The fraction of sp³-hybridized carbons (Fsp3) is 0.346. The van der Waals surface area contributed by atoms with Crippen molar-refractivity contribution in [2.75, 3.05) is 23.7 Å². The zero-order valence-corrected chi connectivity index (χ0v) is 20.7. The molecule has 11 nitrogen and oxygen atoms in total. The molecule has 0 spiro atoms. The number of nitrogens with zero attached hydrogens (tertiary/aromatic N) is 2. The number of aromatic hydroxyl groups is 1. The van der Waals surface area contributed by atoms with Crippen molar-refractivity contribution in [1.29, 1.82) is 0 Å². The molecule has 0 aliphatic carbocycles. The van der Waals surface area contributed by atoms with Crippen molar-refractivity contribution in [3.05, 3.63) is 43.4 Å². The summed E-state index contributed by atoms with van der Waals surface area (Å²) < 4.78 is 11.5. The van der Waals surface area contributed by atoms with Crippen LogP contribution < -0.4 is 36.8 Å². The minimum absolute atomic E-state index is 0.00851. The van der Waals surface area contributed by atoms with Crippen molar-refractivity contribution < 1.29 is 24.5 Å². The lowest BCUT2D eigenvalue weighted by Crippen LogP contribution is -2.54. The van der Waals surface area contributed by atoms with Gasteiger partial charge in [0.15, 0.2) is 22.4 Å². The smallest absolute Gasteiger partial charge is 0.264 e. The molecule has 0 bridgehead atoms. The highest BCUT2D eigenvalue weighted by atomic mass is 16.6. The molecule has 6 N–H and O–H groups in total. The van der Waals surface area contributed by atoms with Crippen molar-refractivity contribution in [3.63, 3.8) is 0 Å². The molecule has 2 aliphatic rings. The van der Waals surface area contributed by atoms with Gasteiger partial charge in [0, 0.05) is 60.9 Å². The van der Waals surface area contributed by atoms with Crippen LogP contribution in [0, 0.1) is 6.92 Å². The van der Waals surface area contributed by atoms with Gasteiger partial charge in [-0.2, -0.15) is 0 Å². The molecule has 3 heterocycles. The standard InChI is InChI=1S/C26H26N4O7/c1-9-7-30(8-10(2)28-9)12-5-13(31)19-14(6-12)36-24-18(27)22(33)16-15(20(24)29-19)17-23(11(3)21(16)32)37-26(4,35)25(17)34/h5-6,9-10,28,32,34-35H,7-8,27H2,1-4H3. The first-order chi connectivity index (χ1) is 17.4. The Morgan fingerprint density at radius 1 is 1.14 bits per heavy atom. The number of hydrogen-bond donors (Lipinski definition) is 5. The number of ether oxygens (including phenoxy) is 1. The van der Waals surface area contributed by atoms with Crippen molar-refractivity contribution in [2.45, 2.75) is 45.6 Å². The number of nitrogens with one attached hydrogen (secondary N) is 1. The van der Waals surface area contributed by atoms with Crippen molar-refractivity contribution in [1.82, 2.24) is 10.3 Å². The summed E-state index contributed by atoms with van der Waals surface area (Å²) in [6.45, 7) is 8.21. The highest BCUT2D eigenvalue weighted by Crippen LogP contribution is 2.40. The van der Waals surface area contributed by atoms with Gasteiger partial charge in [-0.1, -0.05) is 0 Å². The molecule has 4 aromatic rings. The Bertz CT molecular complexity index is 1840. The molecule has 6 rings (SSSR count). The highest BCUT2D eigenvalue weighted by Gasteiger charge is 2.40. The highest BCUT2D eigenvalue weighted by molar-refractivity contribution is 6.13. The van der Waals surface area contributed by atoms with Crippen molar-refractivity contribution in [3.8, 4) is 11.5 Å². The van der Waals surface area contributed by atoms with Gasteiger partial charge in [0.2, 0.25) is 10.9 Å². The Balaban J connectivity index is 1.74. The molecule has 3 unspecified atom stereocenters. The third-order valence-corrected chi connectivity index (χ3v) is 7.19. The van der Waals surface area contributed by atoms with Gasteiger partial charge in [0.25, 0.3) is 5.79 Å². The topological polar surface area (TPSA) is 171 Å². The Labute approximate surface area is 209 Å². The molecule has 1 aromatic heterocycles. The van der Waals surface area contributed by atoms with Gasteiger partial charge >= 0.3 is 0 Å². The summed E-state index contributed by atoms with van der Waals surface area (Å²) in [5.41, 5.74) is 5.54. The number of phenolic OH excluding ortho intramolecular Hbond substituents is 1. The van der Waals surface area contributed by atoms with Crippen LogP contribution in [0.4, 0.5) is 11.4 Å². The summed E-state index contributed by atoms with van der Waals surface area (Å²) >= 11 is 0. The monoisotopic (exact) mass is 506 g/mol. The molecular formula is C26H26N4O7. The number of benzene rings is 3. The second-order valence-electron chi connectivity index (χ2n) is 10.2. The fourth-order valence-corrected chi connectivity index (χ4v) is 5.52. The van der Waals surface area contributed by atoms with Crippen molar-refractivity contribution in [2.24, 2.45) is 0 Å². The minimum Gasteiger partial charge on any atom is -0.507 e. The Hall–Kier alpha value is -4.09. The van der Waals surface area contributed by atoms with E-state index in [2.05, 4.69) is 29.0 Å². The predicted octanol–water partition coefficient (Wildman–Crippen LogP) is 1.12. The molecule has 0 saturated carbocycles. The fourth-order valence-electron chi connectivity index (χ4n) is 5.52. The van der Waals surface area contributed by atoms with Crippen LogP contribution in [-0.2, 0) is 0 Å². The third kappa shape index (κ3) is 3.17. The van der Waals surface area contributed by atoms with Crippen LogP contribution in [-0.4, -0.2) is 51.3 Å². The summed E-state index contributed by atoms with van der Waals surface area (Å²) in [4.78, 5) is 33.2. The molecule has 0 radical (unpaired) electrons. The van der Waals surface area contributed by atoms with Crippen LogP contribution in [0.2, 0.25) is 0 Å². The third-order valence-electron chi connectivity index (χ3n) is 7.19. The number of fused-ring (bicyclic) bond motifs is 6. The van der Waals surface area contributed by atoms with Gasteiger partial charge in [-0.3, -0.25) is 9.59 Å². The molecule has 0 amide bonds. The number of aliphatic hydroxyl groups is 2. The molecule has 3 aromatic carbocycles. The molecular weight excluding hydrogens is 480 g/mol. The average Bonchev–Trinajstić information content (AvgIpc) is 3.07. The number of anilines is 2. The van der Waals surface area contributed by atoms with E-state index in [4.69, 9.17) is 14.9 Å². The number of aromatic nitrogens is 1. The number of piperazine rings is 1. The van der Waals surface area contributed by atoms with Gasteiger partial charge in [-0.25, -0.2) is 4.98 Å². The summed E-state index contributed by atoms with van der Waals surface area (Å²) in [6.07, 6.45) is 0. The Morgan fingerprint density at radius 2 is 1.81 bits per heavy atom. The zero-order valence-electron chi connectivity index (χ0n) is 20.7. The van der Waals surface area contributed by atoms with Crippen molar-refractivity contribution >= 4 is 50.1 Å². The van der Waals surface area contributed by atoms with Crippen LogP contribution in [0.3, 0.4) is 0 Å². The maximum Gasteiger partial charge on any atom is 0.264 e. The summed E-state index contributed by atoms with van der Waals surface area (Å²) in [5.74, 6) is -3.11. The van der Waals surface area contributed by atoms with Crippen LogP contribution in [0.25, 0.3) is 38.7 Å². The first kappa shape index (κ1) is 23.3. The number of nitrogen functional groups attached to an aromatic ring is 1. The Kier molecular flexibility index (Phi) is 4.70. The maximum atomic E-state index is 13.3. The SMILES string of the molecule is Cc1c2c(c3c(c1O)c(=O)c(N)c1oc4cc(N5CC(C)NC(C)C5)cc(=O)c4nc13)=C(O)C(C)(O)O2. The lowest BCUT2D eigenvalue weighted by Gasteiger charge is -2.37. The lowest BCUT2D eigenvalue weighted by molar-refractivity contribution is -0.0776. The number of aliphatic hydroxyl groups excluding tert-OH is 1. The Morgan fingerprint density at radius 3 is 2.49 bits per heavy atom. The molecule has 192 valence electrons. The normalized spacial score (nSPS) is 23.7. The van der Waals surface area contributed by atoms with E-state index in [1.54, 1.807) is 6.07 Å². The van der Waals surface area contributed by atoms with Gasteiger partial charge < -0.3 is 40.4 Å². The summed E-state index contributed by atoms with van der Waals surface area (Å²) in [7, 11) is 0. The maximum absolute atomic E-state index is 13.3. The quantitative estimate of drug-likeness (QED) is 0.142. The lowest BCUT2D eigenvalue weighted by atomic mass is 9.98. The van der Waals surface area contributed by atoms with E-state index in [-0.39, 0.29) is 67.3 Å². The van der Waals surface area contributed by atoms with Gasteiger partial charge in [0.05, 0.1) is 10.6 Å². The van der Waals surface area contributed by atoms with E-state index in [9.17, 15) is 24.9 Å².